The second-order valence-corrected chi connectivity index (χ2v) is 6.19. The van der Waals surface area contributed by atoms with Gasteiger partial charge in [-0.25, -0.2) is 9.59 Å². The lowest BCUT2D eigenvalue weighted by molar-refractivity contribution is 0.0528. The molecular formula is C15H27N3O3. The van der Waals surface area contributed by atoms with E-state index in [0.29, 0.717) is 13.1 Å². The van der Waals surface area contributed by atoms with Gasteiger partial charge in [0.1, 0.15) is 5.60 Å². The van der Waals surface area contributed by atoms with E-state index in [-0.39, 0.29) is 6.03 Å². The van der Waals surface area contributed by atoms with Crippen LogP contribution in [-0.2, 0) is 4.74 Å². The summed E-state index contributed by atoms with van der Waals surface area (Å²) < 4.78 is 5.08. The first kappa shape index (κ1) is 17.3. The van der Waals surface area contributed by atoms with Gasteiger partial charge in [-0.2, -0.15) is 0 Å². The molecule has 0 unspecified atom stereocenters. The number of hydrogen-bond donors (Lipinski definition) is 3. The predicted octanol–water partition coefficient (Wildman–Crippen LogP) is 2.66. The van der Waals surface area contributed by atoms with Gasteiger partial charge in [0.05, 0.1) is 0 Å². The summed E-state index contributed by atoms with van der Waals surface area (Å²) >= 11 is 0. The van der Waals surface area contributed by atoms with Gasteiger partial charge in [0.25, 0.3) is 0 Å². The monoisotopic (exact) mass is 297 g/mol. The summed E-state index contributed by atoms with van der Waals surface area (Å²) in [5.41, 5.74) is 0.782. The third kappa shape index (κ3) is 8.94. The molecule has 3 N–H and O–H groups in total. The Morgan fingerprint density at radius 3 is 2.33 bits per heavy atom. The van der Waals surface area contributed by atoms with E-state index in [2.05, 4.69) is 16.0 Å². The molecule has 21 heavy (non-hydrogen) atoms. The fourth-order valence-electron chi connectivity index (χ4n) is 2.02. The minimum atomic E-state index is -0.513. The number of urea groups is 1. The third-order valence-corrected chi connectivity index (χ3v) is 2.98. The molecule has 0 heterocycles. The molecule has 0 spiro atoms. The Morgan fingerprint density at radius 1 is 1.10 bits per heavy atom. The van der Waals surface area contributed by atoms with E-state index in [1.165, 1.54) is 24.8 Å². The molecule has 6 nitrogen and oxygen atoms in total. The van der Waals surface area contributed by atoms with Crippen LogP contribution < -0.4 is 16.0 Å². The molecule has 0 atom stereocenters. The highest BCUT2D eigenvalue weighted by Crippen LogP contribution is 2.21. The smallest absolute Gasteiger partial charge is 0.407 e. The van der Waals surface area contributed by atoms with Crippen LogP contribution in [0.15, 0.2) is 11.8 Å². The number of amides is 3. The first-order valence-electron chi connectivity index (χ1n) is 7.56. The van der Waals surface area contributed by atoms with Crippen molar-refractivity contribution in [2.45, 2.75) is 58.5 Å². The van der Waals surface area contributed by atoms with Crippen molar-refractivity contribution >= 4 is 12.1 Å². The van der Waals surface area contributed by atoms with Gasteiger partial charge in [-0.15, -0.1) is 0 Å². The molecule has 0 saturated heterocycles. The van der Waals surface area contributed by atoms with Crippen LogP contribution in [0.2, 0.25) is 0 Å². The van der Waals surface area contributed by atoms with Crippen LogP contribution in [0.1, 0.15) is 52.9 Å². The van der Waals surface area contributed by atoms with Crippen molar-refractivity contribution in [1.29, 1.82) is 0 Å². The summed E-state index contributed by atoms with van der Waals surface area (Å²) in [5.74, 6) is 0. The Kier molecular flexibility index (Phi) is 7.05. The number of ether oxygens (including phenoxy) is 1. The minimum Gasteiger partial charge on any atom is -0.444 e. The fraction of sp³-hybridized carbons (Fsp3) is 0.733. The zero-order valence-electron chi connectivity index (χ0n) is 13.3. The van der Waals surface area contributed by atoms with Crippen LogP contribution in [0.5, 0.6) is 0 Å². The Hall–Kier alpha value is -1.72. The predicted molar refractivity (Wildman–Crippen MR) is 81.9 cm³/mol. The standard InChI is InChI=1S/C15H27N3O3/c1-15(2,3)21-14(20)17-10-9-16-13(19)18-11-12-7-5-4-6-8-12/h11H,4-10H2,1-3H3,(H,17,20)(H2,16,18,19). The second kappa shape index (κ2) is 8.54. The first-order valence-corrected chi connectivity index (χ1v) is 7.56. The summed E-state index contributed by atoms with van der Waals surface area (Å²) in [6, 6.07) is -0.251. The second-order valence-electron chi connectivity index (χ2n) is 6.19. The van der Waals surface area contributed by atoms with E-state index in [1.807, 2.05) is 0 Å². The Bertz CT molecular complexity index is 378. The molecule has 0 aliphatic heterocycles. The molecule has 3 amide bonds. The molecule has 1 saturated carbocycles. The summed E-state index contributed by atoms with van der Waals surface area (Å²) in [5, 5.41) is 7.98. The molecular weight excluding hydrogens is 270 g/mol. The minimum absolute atomic E-state index is 0.251. The van der Waals surface area contributed by atoms with Gasteiger partial charge in [0.15, 0.2) is 0 Å². The number of rotatable bonds is 4. The van der Waals surface area contributed by atoms with Crippen LogP contribution >= 0.6 is 0 Å². The Balaban J connectivity index is 2.09. The fourth-order valence-corrected chi connectivity index (χ4v) is 2.02. The van der Waals surface area contributed by atoms with Crippen molar-refractivity contribution in [3.63, 3.8) is 0 Å². The van der Waals surface area contributed by atoms with Crippen molar-refractivity contribution in [2.24, 2.45) is 0 Å². The van der Waals surface area contributed by atoms with Crippen molar-refractivity contribution < 1.29 is 14.3 Å². The van der Waals surface area contributed by atoms with E-state index < -0.39 is 11.7 Å². The van der Waals surface area contributed by atoms with Crippen molar-refractivity contribution in [1.82, 2.24) is 16.0 Å². The molecule has 0 bridgehead atoms. The van der Waals surface area contributed by atoms with Crippen LogP contribution in [-0.4, -0.2) is 30.8 Å². The average Bonchev–Trinajstić information content (AvgIpc) is 2.40. The molecule has 1 fully saturated rings. The molecule has 0 aromatic carbocycles. The van der Waals surface area contributed by atoms with Gasteiger partial charge in [0.2, 0.25) is 0 Å². The van der Waals surface area contributed by atoms with E-state index in [1.54, 1.807) is 27.0 Å². The highest BCUT2D eigenvalue weighted by Gasteiger charge is 2.15. The molecule has 1 aliphatic rings. The molecule has 6 heteroatoms. The zero-order chi connectivity index (χ0) is 15.7. The van der Waals surface area contributed by atoms with E-state index in [9.17, 15) is 9.59 Å². The molecule has 0 aromatic rings. The van der Waals surface area contributed by atoms with Crippen molar-refractivity contribution in [2.75, 3.05) is 13.1 Å². The Morgan fingerprint density at radius 2 is 1.71 bits per heavy atom. The normalized spacial score (nSPS) is 15.1. The molecule has 1 rings (SSSR count). The summed E-state index contributed by atoms with van der Waals surface area (Å²) in [7, 11) is 0. The number of hydrogen-bond acceptors (Lipinski definition) is 3. The van der Waals surface area contributed by atoms with Crippen LogP contribution in [0.25, 0.3) is 0 Å². The lowest BCUT2D eigenvalue weighted by Crippen LogP contribution is -2.40. The van der Waals surface area contributed by atoms with Crippen molar-refractivity contribution in [3.8, 4) is 0 Å². The van der Waals surface area contributed by atoms with Gasteiger partial charge >= 0.3 is 12.1 Å². The lowest BCUT2D eigenvalue weighted by atomic mass is 9.96. The van der Waals surface area contributed by atoms with Gasteiger partial charge in [-0.3, -0.25) is 0 Å². The first-order chi connectivity index (χ1) is 9.87. The van der Waals surface area contributed by atoms with Gasteiger partial charge in [-0.1, -0.05) is 12.0 Å². The van der Waals surface area contributed by atoms with Gasteiger partial charge in [0, 0.05) is 19.3 Å². The number of nitrogens with one attached hydrogen (secondary N) is 3. The van der Waals surface area contributed by atoms with E-state index >= 15 is 0 Å². The van der Waals surface area contributed by atoms with Crippen LogP contribution in [0, 0.1) is 0 Å². The van der Waals surface area contributed by atoms with E-state index in [4.69, 9.17) is 4.74 Å². The van der Waals surface area contributed by atoms with Gasteiger partial charge < -0.3 is 20.7 Å². The highest BCUT2D eigenvalue weighted by molar-refractivity contribution is 5.75. The third-order valence-electron chi connectivity index (χ3n) is 2.98. The lowest BCUT2D eigenvalue weighted by Gasteiger charge is -2.19. The number of carbonyl (C=O) groups is 2. The SMILES string of the molecule is CC(C)(C)OC(=O)NCCNC(=O)NC=C1CCCCC1. The molecule has 120 valence electrons. The van der Waals surface area contributed by atoms with E-state index in [0.717, 1.165) is 12.8 Å². The topological polar surface area (TPSA) is 79.5 Å². The number of alkyl carbamates (subject to hydrolysis) is 1. The van der Waals surface area contributed by atoms with Gasteiger partial charge in [-0.05, 0) is 46.5 Å². The van der Waals surface area contributed by atoms with Crippen LogP contribution in [0.4, 0.5) is 9.59 Å². The summed E-state index contributed by atoms with van der Waals surface area (Å²) in [6.07, 6.45) is 7.15. The number of carbonyl (C=O) groups excluding carboxylic acids is 2. The summed E-state index contributed by atoms with van der Waals surface area (Å²) in [4.78, 5) is 22.9. The largest absolute Gasteiger partial charge is 0.444 e. The number of allylic oxidation sites excluding steroid dienone is 1. The molecule has 0 aromatic heterocycles. The maximum atomic E-state index is 11.5. The molecule has 1 aliphatic carbocycles. The Labute approximate surface area is 126 Å². The average molecular weight is 297 g/mol. The summed E-state index contributed by atoms with van der Waals surface area (Å²) in [6.45, 7) is 6.10. The quantitative estimate of drug-likeness (QED) is 0.698. The molecule has 0 radical (unpaired) electrons. The maximum absolute atomic E-state index is 11.5. The van der Waals surface area contributed by atoms with Crippen molar-refractivity contribution in [3.05, 3.63) is 11.8 Å². The van der Waals surface area contributed by atoms with Crippen LogP contribution in [0.3, 0.4) is 0 Å². The highest BCUT2D eigenvalue weighted by atomic mass is 16.6. The maximum Gasteiger partial charge on any atom is 0.407 e. The zero-order valence-corrected chi connectivity index (χ0v) is 13.3.